The van der Waals surface area contributed by atoms with Crippen LogP contribution in [-0.2, 0) is 11.2 Å². The normalized spacial score (nSPS) is 25.0. The minimum absolute atomic E-state index is 0.167. The van der Waals surface area contributed by atoms with Crippen LogP contribution in [0.5, 0.6) is 0 Å². The summed E-state index contributed by atoms with van der Waals surface area (Å²) in [5.74, 6) is 0.823. The van der Waals surface area contributed by atoms with Crippen LogP contribution >= 0.6 is 11.3 Å². The Kier molecular flexibility index (Phi) is 6.47. The molecule has 2 atom stereocenters. The van der Waals surface area contributed by atoms with Crippen LogP contribution in [0.2, 0.25) is 0 Å². The first-order valence-electron chi connectivity index (χ1n) is 10.1. The van der Waals surface area contributed by atoms with Crippen molar-refractivity contribution in [1.29, 1.82) is 0 Å². The van der Waals surface area contributed by atoms with Crippen molar-refractivity contribution in [2.75, 3.05) is 13.6 Å². The van der Waals surface area contributed by atoms with Gasteiger partial charge in [-0.1, -0.05) is 0 Å². The maximum Gasteiger partial charge on any atom is 0.410 e. The van der Waals surface area contributed by atoms with Gasteiger partial charge in [-0.05, 0) is 53.4 Å². The number of nitrogens with one attached hydrogen (secondary N) is 2. The van der Waals surface area contributed by atoms with Crippen molar-refractivity contribution in [3.05, 3.63) is 16.1 Å². The van der Waals surface area contributed by atoms with Gasteiger partial charge in [-0.25, -0.2) is 9.78 Å². The average molecular weight is 408 g/mol. The molecule has 2 saturated heterocycles. The molecule has 8 heteroatoms. The monoisotopic (exact) mass is 407 g/mol. The molecule has 3 heterocycles. The van der Waals surface area contributed by atoms with Gasteiger partial charge < -0.3 is 20.3 Å². The van der Waals surface area contributed by atoms with Crippen LogP contribution in [-0.4, -0.2) is 59.3 Å². The van der Waals surface area contributed by atoms with Crippen LogP contribution in [0.4, 0.5) is 4.79 Å². The van der Waals surface area contributed by atoms with E-state index in [4.69, 9.17) is 4.74 Å². The predicted octanol–water partition coefficient (Wildman–Crippen LogP) is 3.09. The van der Waals surface area contributed by atoms with Gasteiger partial charge >= 0.3 is 6.09 Å². The summed E-state index contributed by atoms with van der Waals surface area (Å²) in [7, 11) is 1.80. The number of carbonyl (C=O) groups excluding carboxylic acids is 1. The van der Waals surface area contributed by atoms with Crippen LogP contribution in [0.25, 0.3) is 0 Å². The van der Waals surface area contributed by atoms with Crippen molar-refractivity contribution in [1.82, 2.24) is 20.5 Å². The van der Waals surface area contributed by atoms with Crippen molar-refractivity contribution < 1.29 is 9.53 Å². The SMILES string of the molecule is CN=C(NCCc1ncc(C)s1)NC1CC2CCC(C1)N2C(=O)OC(C)(C)C. The van der Waals surface area contributed by atoms with E-state index in [9.17, 15) is 4.79 Å². The number of hydrogen-bond acceptors (Lipinski definition) is 5. The maximum atomic E-state index is 12.6. The van der Waals surface area contributed by atoms with E-state index in [0.29, 0.717) is 6.04 Å². The third-order valence-electron chi connectivity index (χ3n) is 5.20. The first-order chi connectivity index (χ1) is 13.2. The van der Waals surface area contributed by atoms with Gasteiger partial charge in [-0.2, -0.15) is 0 Å². The number of carbonyl (C=O) groups is 1. The van der Waals surface area contributed by atoms with Crippen molar-refractivity contribution in [3.8, 4) is 0 Å². The summed E-state index contributed by atoms with van der Waals surface area (Å²) in [5, 5.41) is 8.08. The molecule has 2 N–H and O–H groups in total. The fourth-order valence-electron chi connectivity index (χ4n) is 4.10. The summed E-state index contributed by atoms with van der Waals surface area (Å²) in [4.78, 5) is 24.6. The van der Waals surface area contributed by atoms with Gasteiger partial charge in [0.2, 0.25) is 0 Å². The third-order valence-corrected chi connectivity index (χ3v) is 6.17. The molecule has 2 bridgehead atoms. The Morgan fingerprint density at radius 1 is 1.36 bits per heavy atom. The zero-order chi connectivity index (χ0) is 20.3. The van der Waals surface area contributed by atoms with Crippen molar-refractivity contribution in [2.24, 2.45) is 4.99 Å². The smallest absolute Gasteiger partial charge is 0.410 e. The Labute approximate surface area is 172 Å². The van der Waals surface area contributed by atoms with Crippen LogP contribution in [0.15, 0.2) is 11.2 Å². The summed E-state index contributed by atoms with van der Waals surface area (Å²) < 4.78 is 5.62. The van der Waals surface area contributed by atoms with E-state index in [1.807, 2.05) is 31.9 Å². The summed E-state index contributed by atoms with van der Waals surface area (Å²) in [5.41, 5.74) is -0.451. The highest BCUT2D eigenvalue weighted by atomic mass is 32.1. The highest BCUT2D eigenvalue weighted by Gasteiger charge is 2.45. The molecular weight excluding hydrogens is 374 g/mol. The third kappa shape index (κ3) is 5.37. The second kappa shape index (κ2) is 8.68. The number of aryl methyl sites for hydroxylation is 1. The van der Waals surface area contributed by atoms with Gasteiger partial charge in [0.1, 0.15) is 5.60 Å². The first kappa shape index (κ1) is 20.9. The summed E-state index contributed by atoms with van der Waals surface area (Å²) in [6, 6.07) is 0.828. The maximum absolute atomic E-state index is 12.6. The molecule has 2 aliphatic heterocycles. The molecule has 2 aliphatic rings. The van der Waals surface area contributed by atoms with Crippen LogP contribution in [0.3, 0.4) is 0 Å². The number of rotatable bonds is 4. The fraction of sp³-hybridized carbons (Fsp3) is 0.750. The largest absolute Gasteiger partial charge is 0.444 e. The molecule has 2 unspecified atom stereocenters. The molecule has 0 saturated carbocycles. The molecule has 0 aromatic carbocycles. The van der Waals surface area contributed by atoms with E-state index >= 15 is 0 Å². The molecule has 1 aromatic heterocycles. The lowest BCUT2D eigenvalue weighted by Crippen LogP contribution is -2.55. The minimum Gasteiger partial charge on any atom is -0.444 e. The molecule has 0 aliphatic carbocycles. The quantitative estimate of drug-likeness (QED) is 0.592. The molecule has 3 rings (SSSR count). The molecular formula is C20H33N5O2S. The molecule has 0 radical (unpaired) electrons. The molecule has 0 spiro atoms. The standard InChI is InChI=1S/C20H33N5O2S/c1-13-12-23-17(28-13)8-9-22-18(21-5)24-14-10-15-6-7-16(11-14)25(15)19(26)27-20(2,3)4/h12,14-16H,6-11H2,1-5H3,(H2,21,22,24). The predicted molar refractivity (Wildman–Crippen MR) is 113 cm³/mol. The summed E-state index contributed by atoms with van der Waals surface area (Å²) in [6.07, 6.45) is 6.61. The lowest BCUT2D eigenvalue weighted by Gasteiger charge is -2.40. The molecule has 28 heavy (non-hydrogen) atoms. The Bertz CT molecular complexity index is 698. The van der Waals surface area contributed by atoms with Crippen LogP contribution < -0.4 is 10.6 Å². The number of nitrogens with zero attached hydrogens (tertiary/aromatic N) is 3. The van der Waals surface area contributed by atoms with Gasteiger partial charge in [0.05, 0.1) is 5.01 Å². The Morgan fingerprint density at radius 3 is 2.57 bits per heavy atom. The van der Waals surface area contributed by atoms with E-state index in [1.54, 1.807) is 18.4 Å². The number of piperidine rings is 1. The number of hydrogen-bond donors (Lipinski definition) is 2. The number of aromatic nitrogens is 1. The van der Waals surface area contributed by atoms with Crippen molar-refractivity contribution in [3.63, 3.8) is 0 Å². The number of aliphatic imine (C=N–C) groups is 1. The molecule has 2 fully saturated rings. The highest BCUT2D eigenvalue weighted by molar-refractivity contribution is 7.11. The fourth-order valence-corrected chi connectivity index (χ4v) is 4.89. The van der Waals surface area contributed by atoms with E-state index < -0.39 is 5.60 Å². The van der Waals surface area contributed by atoms with Crippen LogP contribution in [0.1, 0.15) is 56.3 Å². The van der Waals surface area contributed by atoms with Gasteiger partial charge in [0.15, 0.2) is 5.96 Å². The Morgan fingerprint density at radius 2 is 2.04 bits per heavy atom. The van der Waals surface area contributed by atoms with Gasteiger partial charge in [0, 0.05) is 49.2 Å². The molecule has 7 nitrogen and oxygen atoms in total. The zero-order valence-electron chi connectivity index (χ0n) is 17.6. The topological polar surface area (TPSA) is 78.9 Å². The minimum atomic E-state index is -0.451. The van der Waals surface area contributed by atoms with Crippen molar-refractivity contribution in [2.45, 2.75) is 83.5 Å². The van der Waals surface area contributed by atoms with Crippen LogP contribution in [0, 0.1) is 6.92 Å². The number of fused-ring (bicyclic) bond motifs is 2. The Hall–Kier alpha value is -1.83. The highest BCUT2D eigenvalue weighted by Crippen LogP contribution is 2.36. The Balaban J connectivity index is 1.48. The molecule has 1 amide bonds. The van der Waals surface area contributed by atoms with Gasteiger partial charge in [-0.15, -0.1) is 11.3 Å². The second-order valence-corrected chi connectivity index (χ2v) is 10.0. The molecule has 156 valence electrons. The van der Waals surface area contributed by atoms with E-state index in [1.165, 1.54) is 4.88 Å². The first-order valence-corrected chi connectivity index (χ1v) is 11.0. The van der Waals surface area contributed by atoms with E-state index in [2.05, 4.69) is 27.5 Å². The zero-order valence-corrected chi connectivity index (χ0v) is 18.4. The van der Waals surface area contributed by atoms with E-state index in [0.717, 1.165) is 49.6 Å². The van der Waals surface area contributed by atoms with Crippen molar-refractivity contribution >= 4 is 23.4 Å². The number of ether oxygens (including phenoxy) is 1. The molecule has 1 aromatic rings. The summed E-state index contributed by atoms with van der Waals surface area (Å²) in [6.45, 7) is 8.64. The lowest BCUT2D eigenvalue weighted by molar-refractivity contribution is 0.00545. The number of thiazole rings is 1. The van der Waals surface area contributed by atoms with E-state index in [-0.39, 0.29) is 18.2 Å². The lowest BCUT2D eigenvalue weighted by atomic mass is 9.98. The second-order valence-electron chi connectivity index (χ2n) is 8.70. The van der Waals surface area contributed by atoms with Gasteiger partial charge in [0.25, 0.3) is 0 Å². The van der Waals surface area contributed by atoms with Gasteiger partial charge in [-0.3, -0.25) is 4.99 Å². The summed E-state index contributed by atoms with van der Waals surface area (Å²) >= 11 is 1.74. The average Bonchev–Trinajstić information content (AvgIpc) is 3.13. The number of guanidine groups is 1. The number of amides is 1.